The summed E-state index contributed by atoms with van der Waals surface area (Å²) in [5.41, 5.74) is 1.25. The molecule has 0 bridgehead atoms. The van der Waals surface area contributed by atoms with Gasteiger partial charge in [-0.2, -0.15) is 0 Å². The Kier molecular flexibility index (Phi) is 18.3. The number of fused-ring (bicyclic) bond motifs is 5. The lowest BCUT2D eigenvalue weighted by Crippen LogP contribution is -2.66. The molecule has 4 heterocycles. The van der Waals surface area contributed by atoms with Crippen molar-refractivity contribution in [2.24, 2.45) is 46.3 Å². The lowest BCUT2D eigenvalue weighted by Gasteiger charge is -2.59. The van der Waals surface area contributed by atoms with Crippen LogP contribution in [0, 0.1) is 46.3 Å². The molecule has 21 nitrogen and oxygen atoms in total. The van der Waals surface area contributed by atoms with Crippen molar-refractivity contribution in [1.82, 2.24) is 0 Å². The molecular weight excluding hydrogens is 949 g/mol. The molecule has 8 rings (SSSR count). The van der Waals surface area contributed by atoms with Crippen LogP contribution in [0.2, 0.25) is 0 Å². The minimum Gasteiger partial charge on any atom is -0.394 e. The van der Waals surface area contributed by atoms with E-state index in [1.807, 2.05) is 6.92 Å². The van der Waals surface area contributed by atoms with E-state index >= 15 is 0 Å². The molecule has 4 saturated heterocycles. The number of allylic oxidation sites excluding steroid dienone is 1. The summed E-state index contributed by atoms with van der Waals surface area (Å²) in [4.78, 5) is 0. The molecule has 3 saturated carbocycles. The highest BCUT2D eigenvalue weighted by molar-refractivity contribution is 5.26. The van der Waals surface area contributed by atoms with Crippen LogP contribution in [0.1, 0.15) is 106 Å². The van der Waals surface area contributed by atoms with E-state index in [1.54, 1.807) is 0 Å². The largest absolute Gasteiger partial charge is 0.394 e. The minimum absolute atomic E-state index is 0.00202. The quantitative estimate of drug-likeness (QED) is 0.0798. The van der Waals surface area contributed by atoms with Gasteiger partial charge in [0, 0.05) is 0 Å². The van der Waals surface area contributed by atoms with Crippen molar-refractivity contribution in [3.8, 4) is 0 Å². The molecule has 2 unspecified atom stereocenters. The second-order valence-electron chi connectivity index (χ2n) is 23.4. The average Bonchev–Trinajstić information content (AvgIpc) is 3.72. The third-order valence-corrected chi connectivity index (χ3v) is 19.0. The highest BCUT2D eigenvalue weighted by Crippen LogP contribution is 2.67. The smallest absolute Gasteiger partial charge is 0.187 e. The maximum absolute atomic E-state index is 12.0. The van der Waals surface area contributed by atoms with E-state index in [2.05, 4.69) is 26.8 Å². The zero-order chi connectivity index (χ0) is 52.3. The molecule has 8 aliphatic rings. The van der Waals surface area contributed by atoms with Gasteiger partial charge in [0.2, 0.25) is 0 Å². The third kappa shape index (κ3) is 10.9. The maximum atomic E-state index is 12.0. The zero-order valence-electron chi connectivity index (χ0n) is 42.5. The summed E-state index contributed by atoms with van der Waals surface area (Å²) in [7, 11) is 0. The van der Waals surface area contributed by atoms with Gasteiger partial charge in [-0.15, -0.1) is 0 Å². The highest BCUT2D eigenvalue weighted by atomic mass is 16.8. The van der Waals surface area contributed by atoms with Crippen molar-refractivity contribution in [2.75, 3.05) is 19.8 Å². The predicted molar refractivity (Wildman–Crippen MR) is 250 cm³/mol. The molecule has 416 valence electrons. The van der Waals surface area contributed by atoms with Crippen LogP contribution in [-0.4, -0.2) is 221 Å². The second kappa shape index (κ2) is 23.1. The van der Waals surface area contributed by atoms with Crippen LogP contribution in [0.25, 0.3) is 0 Å². The summed E-state index contributed by atoms with van der Waals surface area (Å²) < 4.78 is 47.9. The normalized spacial score (nSPS) is 52.1. The fraction of sp³-hybridized carbons (Fsp3) is 0.961. The second-order valence-corrected chi connectivity index (χ2v) is 23.4. The molecule has 0 aromatic rings. The lowest BCUT2D eigenvalue weighted by molar-refractivity contribution is -0.388. The zero-order valence-corrected chi connectivity index (χ0v) is 42.5. The molecule has 72 heavy (non-hydrogen) atoms. The average molecular weight is 1040 g/mol. The first kappa shape index (κ1) is 57.1. The molecule has 0 aromatic heterocycles. The van der Waals surface area contributed by atoms with Gasteiger partial charge in [0.05, 0.1) is 44.2 Å². The van der Waals surface area contributed by atoms with E-state index in [0.717, 1.165) is 38.5 Å². The molecule has 7 fully saturated rings. The summed E-state index contributed by atoms with van der Waals surface area (Å²) >= 11 is 0. The van der Waals surface area contributed by atoms with Crippen molar-refractivity contribution < 1.29 is 104 Å². The Hall–Kier alpha value is -1.10. The number of rotatable bonds is 16. The molecule has 21 heteroatoms. The molecule has 30 atom stereocenters. The van der Waals surface area contributed by atoms with Crippen LogP contribution >= 0.6 is 0 Å². The number of hydrogen-bond acceptors (Lipinski definition) is 21. The Balaban J connectivity index is 0.902. The van der Waals surface area contributed by atoms with E-state index in [-0.39, 0.29) is 29.3 Å². The van der Waals surface area contributed by atoms with Gasteiger partial charge in [0.15, 0.2) is 25.2 Å². The van der Waals surface area contributed by atoms with Crippen molar-refractivity contribution in [2.45, 2.75) is 241 Å². The monoisotopic (exact) mass is 1030 g/mol. The molecule has 0 amide bonds. The molecule has 0 aromatic carbocycles. The van der Waals surface area contributed by atoms with Crippen molar-refractivity contribution >= 4 is 0 Å². The summed E-state index contributed by atoms with van der Waals surface area (Å²) in [6.45, 7) is 10.9. The van der Waals surface area contributed by atoms with Crippen molar-refractivity contribution in [1.29, 1.82) is 0 Å². The van der Waals surface area contributed by atoms with Gasteiger partial charge in [0.1, 0.15) is 85.5 Å². The minimum atomic E-state index is -1.74. The molecule has 0 spiro atoms. The predicted octanol–water partition coefficient (Wildman–Crippen LogP) is -1.32. The standard InChI is InChI=1S/C51H86O21/c1-21(20-65-46-40(61)39(60)36(57)32(18-52)69-46)7-12-31(54)22(2)28-10-11-29-27-9-8-25-17-26(13-15-50(25,5)30(27)14-16-51(28,29)6)68-49-45(72-48-42(63)38(59)35(56)24(4)67-48)43(64)44(33(19-53)70-49)71-47-41(62)37(58)34(55)23(3)66-47/h8,21-24,26-49,52-64H,7,9-20H2,1-6H3/t21?,22-,23-,24-,26-,27-,28+,29-,30-,31?,32+,33+,34-,35-,36+,37+,38+,39-,40+,41+,42+,43-,44+,45+,46+,47-,48-,49+,50-,51+/m0/s1. The first-order chi connectivity index (χ1) is 34.0. The van der Waals surface area contributed by atoms with E-state index in [0.29, 0.717) is 49.4 Å². The number of ether oxygens (including phenoxy) is 8. The molecule has 4 aliphatic heterocycles. The van der Waals surface area contributed by atoms with Crippen LogP contribution in [-0.2, 0) is 37.9 Å². The number of aliphatic hydroxyl groups is 13. The third-order valence-electron chi connectivity index (χ3n) is 19.0. The van der Waals surface area contributed by atoms with Crippen molar-refractivity contribution in [3.63, 3.8) is 0 Å². The fourth-order valence-corrected chi connectivity index (χ4v) is 14.4. The summed E-state index contributed by atoms with van der Waals surface area (Å²) in [6, 6.07) is 0. The van der Waals surface area contributed by atoms with E-state index < -0.39 is 148 Å². The van der Waals surface area contributed by atoms with Gasteiger partial charge in [-0.3, -0.25) is 0 Å². The van der Waals surface area contributed by atoms with Crippen LogP contribution < -0.4 is 0 Å². The number of aliphatic hydroxyl groups excluding tert-OH is 13. The van der Waals surface area contributed by atoms with E-state index in [9.17, 15) is 66.4 Å². The highest BCUT2D eigenvalue weighted by Gasteiger charge is 2.61. The van der Waals surface area contributed by atoms with Crippen LogP contribution in [0.3, 0.4) is 0 Å². The van der Waals surface area contributed by atoms with Crippen LogP contribution in [0.15, 0.2) is 11.6 Å². The Morgan fingerprint density at radius 1 is 0.597 bits per heavy atom. The molecule has 0 radical (unpaired) electrons. The van der Waals surface area contributed by atoms with Gasteiger partial charge in [-0.25, -0.2) is 0 Å². The fourth-order valence-electron chi connectivity index (χ4n) is 14.4. The van der Waals surface area contributed by atoms with E-state index in [1.165, 1.54) is 19.4 Å². The molecule has 13 N–H and O–H groups in total. The lowest BCUT2D eigenvalue weighted by atomic mass is 9.47. The van der Waals surface area contributed by atoms with Gasteiger partial charge >= 0.3 is 0 Å². The Morgan fingerprint density at radius 3 is 1.81 bits per heavy atom. The van der Waals surface area contributed by atoms with E-state index in [4.69, 9.17) is 37.9 Å². The van der Waals surface area contributed by atoms with Crippen molar-refractivity contribution in [3.05, 3.63) is 11.6 Å². The van der Waals surface area contributed by atoms with Gasteiger partial charge < -0.3 is 104 Å². The van der Waals surface area contributed by atoms with Gasteiger partial charge in [0.25, 0.3) is 0 Å². The topological polar surface area (TPSA) is 337 Å². The summed E-state index contributed by atoms with van der Waals surface area (Å²) in [5, 5.41) is 138. The van der Waals surface area contributed by atoms with Gasteiger partial charge in [-0.1, -0.05) is 39.3 Å². The Morgan fingerprint density at radius 2 is 1.18 bits per heavy atom. The summed E-state index contributed by atoms with van der Waals surface area (Å²) in [6.07, 6.45) is -18.8. The Bertz CT molecular complexity index is 1800. The summed E-state index contributed by atoms with van der Waals surface area (Å²) in [5.74, 6) is 1.81. The molecule has 4 aliphatic carbocycles. The molecular formula is C51H86O21. The SMILES string of the molecule is CC(CCC(O)[C@@H](C)[C@H]1CC[C@H]2[C@@H]3CC=C4C[C@@H](O[C@@H]5O[C@H](CO)[C@@H](O[C@@H]6O[C@@H](C)[C@H](O)[C@@H](O)[C@H]6O)[C@H](O)[C@H]5O[C@@H]5O[C@@H](C)[C@H](O)[C@@H](O)[C@H]5O)CC[C@]4(C)[C@H]3CC[C@]12C)CO[C@@H]1O[C@H](CO)[C@@H](O)[C@H](O)[C@H]1O. The van der Waals surface area contributed by atoms with Crippen LogP contribution in [0.4, 0.5) is 0 Å². The Labute approximate surface area is 421 Å². The van der Waals surface area contributed by atoms with Gasteiger partial charge in [-0.05, 0) is 124 Å². The first-order valence-electron chi connectivity index (χ1n) is 26.6. The first-order valence-corrected chi connectivity index (χ1v) is 26.6. The maximum Gasteiger partial charge on any atom is 0.187 e. The number of hydrogen-bond donors (Lipinski definition) is 13. The van der Waals surface area contributed by atoms with Crippen LogP contribution in [0.5, 0.6) is 0 Å².